The Balaban J connectivity index is 3.55. The Bertz CT molecular complexity index is 209. The summed E-state index contributed by atoms with van der Waals surface area (Å²) in [5.41, 5.74) is 0. The van der Waals surface area contributed by atoms with Crippen molar-refractivity contribution in [2.45, 2.75) is 26.2 Å². The fourth-order valence-corrected chi connectivity index (χ4v) is 1.53. The van der Waals surface area contributed by atoms with Crippen LogP contribution in [0.15, 0.2) is 4.99 Å². The number of unbranched alkanes of at least 4 members (excludes halogenated alkanes) is 2. The van der Waals surface area contributed by atoms with Gasteiger partial charge in [0.15, 0.2) is 5.96 Å². The van der Waals surface area contributed by atoms with Crippen LogP contribution in [-0.2, 0) is 4.74 Å². The molecule has 0 aliphatic heterocycles. The average molecular weight is 258 g/mol. The first kappa shape index (κ1) is 17.2. The molecule has 2 N–H and O–H groups in total. The fraction of sp³-hybridized carbons (Fsp3) is 0.923. The predicted molar refractivity (Wildman–Crippen MR) is 78.3 cm³/mol. The highest BCUT2D eigenvalue weighted by atomic mass is 16.5. The highest BCUT2D eigenvalue weighted by Gasteiger charge is 1.99. The molecule has 0 fully saturated rings. The van der Waals surface area contributed by atoms with Crippen LogP contribution in [0.25, 0.3) is 0 Å². The first-order chi connectivity index (χ1) is 8.74. The Labute approximate surface area is 112 Å². The maximum atomic E-state index is 5.04. The van der Waals surface area contributed by atoms with Crippen LogP contribution in [0.2, 0.25) is 0 Å². The zero-order valence-corrected chi connectivity index (χ0v) is 12.5. The van der Waals surface area contributed by atoms with E-state index in [2.05, 4.69) is 34.5 Å². The molecule has 18 heavy (non-hydrogen) atoms. The summed E-state index contributed by atoms with van der Waals surface area (Å²) in [5.74, 6) is 0.895. The van der Waals surface area contributed by atoms with Gasteiger partial charge in [-0.1, -0.05) is 19.8 Å². The van der Waals surface area contributed by atoms with E-state index >= 15 is 0 Å². The molecule has 0 aromatic heterocycles. The number of hydrogen-bond donors (Lipinski definition) is 2. The van der Waals surface area contributed by atoms with E-state index in [9.17, 15) is 0 Å². The molecule has 0 aliphatic rings. The van der Waals surface area contributed by atoms with E-state index in [4.69, 9.17) is 4.74 Å². The maximum absolute atomic E-state index is 5.04. The number of aliphatic imine (C=N–C) groups is 1. The molecule has 0 radical (unpaired) electrons. The Morgan fingerprint density at radius 2 is 1.89 bits per heavy atom. The van der Waals surface area contributed by atoms with Gasteiger partial charge in [0.1, 0.15) is 0 Å². The lowest BCUT2D eigenvalue weighted by Crippen LogP contribution is -2.41. The molecular formula is C13H30N4O. The number of methoxy groups -OCH3 is 1. The number of nitrogens with zero attached hydrogens (tertiary/aromatic N) is 2. The topological polar surface area (TPSA) is 48.9 Å². The van der Waals surface area contributed by atoms with Crippen molar-refractivity contribution in [2.75, 3.05) is 54.0 Å². The minimum absolute atomic E-state index is 0.778. The van der Waals surface area contributed by atoms with Gasteiger partial charge in [0, 0.05) is 40.3 Å². The van der Waals surface area contributed by atoms with E-state index in [1.165, 1.54) is 19.3 Å². The molecule has 0 atom stereocenters. The lowest BCUT2D eigenvalue weighted by Gasteiger charge is -2.17. The third-order valence-electron chi connectivity index (χ3n) is 2.76. The second-order valence-corrected chi connectivity index (χ2v) is 4.43. The van der Waals surface area contributed by atoms with Crippen LogP contribution >= 0.6 is 0 Å². The molecular weight excluding hydrogens is 228 g/mol. The van der Waals surface area contributed by atoms with Crippen molar-refractivity contribution in [3.05, 3.63) is 0 Å². The van der Waals surface area contributed by atoms with Crippen molar-refractivity contribution in [3.8, 4) is 0 Å². The predicted octanol–water partition coefficient (Wildman–Crippen LogP) is 0.920. The standard InChI is InChI=1S/C13H30N4O/c1-5-6-7-8-15-13(14-2)16-9-10-17(3)11-12-18-4/h5-12H2,1-4H3,(H2,14,15,16). The first-order valence-electron chi connectivity index (χ1n) is 6.86. The molecule has 5 heteroatoms. The minimum atomic E-state index is 0.778. The average Bonchev–Trinajstić information content (AvgIpc) is 2.39. The van der Waals surface area contributed by atoms with Crippen LogP contribution in [-0.4, -0.2) is 64.9 Å². The molecule has 0 heterocycles. The normalized spacial score (nSPS) is 11.9. The van der Waals surface area contributed by atoms with E-state index < -0.39 is 0 Å². The third-order valence-corrected chi connectivity index (χ3v) is 2.76. The summed E-state index contributed by atoms with van der Waals surface area (Å²) in [6.45, 7) is 6.82. The zero-order valence-electron chi connectivity index (χ0n) is 12.5. The smallest absolute Gasteiger partial charge is 0.191 e. The number of hydrogen-bond acceptors (Lipinski definition) is 3. The van der Waals surface area contributed by atoms with Crippen LogP contribution in [0.3, 0.4) is 0 Å². The molecule has 0 unspecified atom stereocenters. The van der Waals surface area contributed by atoms with Gasteiger partial charge in [-0.3, -0.25) is 4.99 Å². The van der Waals surface area contributed by atoms with Crippen molar-refractivity contribution in [3.63, 3.8) is 0 Å². The monoisotopic (exact) mass is 258 g/mol. The molecule has 0 bridgehead atoms. The van der Waals surface area contributed by atoms with Gasteiger partial charge in [0.25, 0.3) is 0 Å². The number of guanidine groups is 1. The Kier molecular flexibility index (Phi) is 12.1. The van der Waals surface area contributed by atoms with Gasteiger partial charge in [0.2, 0.25) is 0 Å². The van der Waals surface area contributed by atoms with Gasteiger partial charge in [0.05, 0.1) is 6.61 Å². The first-order valence-corrected chi connectivity index (χ1v) is 6.86. The Morgan fingerprint density at radius 1 is 1.17 bits per heavy atom. The van der Waals surface area contributed by atoms with Gasteiger partial charge >= 0.3 is 0 Å². The Morgan fingerprint density at radius 3 is 2.50 bits per heavy atom. The van der Waals surface area contributed by atoms with E-state index in [-0.39, 0.29) is 0 Å². The third kappa shape index (κ3) is 10.4. The minimum Gasteiger partial charge on any atom is -0.383 e. The maximum Gasteiger partial charge on any atom is 0.191 e. The molecule has 0 rings (SSSR count). The number of likely N-dealkylation sites (N-methyl/N-ethyl adjacent to an activating group) is 1. The molecule has 0 aromatic carbocycles. The second kappa shape index (κ2) is 12.6. The molecule has 0 spiro atoms. The largest absolute Gasteiger partial charge is 0.383 e. The summed E-state index contributed by atoms with van der Waals surface area (Å²) in [4.78, 5) is 6.43. The Hall–Kier alpha value is -0.810. The molecule has 108 valence electrons. The summed E-state index contributed by atoms with van der Waals surface area (Å²) >= 11 is 0. The molecule has 0 amide bonds. The van der Waals surface area contributed by atoms with Crippen LogP contribution in [0, 0.1) is 0 Å². The fourth-order valence-electron chi connectivity index (χ4n) is 1.53. The van der Waals surface area contributed by atoms with Gasteiger partial charge in [-0.15, -0.1) is 0 Å². The lowest BCUT2D eigenvalue weighted by atomic mass is 10.2. The molecule has 0 saturated carbocycles. The summed E-state index contributed by atoms with van der Waals surface area (Å²) in [5, 5.41) is 6.63. The molecule has 0 aromatic rings. The quantitative estimate of drug-likeness (QED) is 0.347. The molecule has 0 aliphatic carbocycles. The summed E-state index contributed by atoms with van der Waals surface area (Å²) < 4.78 is 5.04. The number of nitrogens with one attached hydrogen (secondary N) is 2. The molecule has 0 saturated heterocycles. The van der Waals surface area contributed by atoms with E-state index in [0.29, 0.717) is 0 Å². The van der Waals surface area contributed by atoms with Gasteiger partial charge in [-0.05, 0) is 13.5 Å². The number of rotatable bonds is 10. The van der Waals surface area contributed by atoms with Crippen molar-refractivity contribution in [2.24, 2.45) is 4.99 Å². The summed E-state index contributed by atoms with van der Waals surface area (Å²) in [6, 6.07) is 0. The zero-order chi connectivity index (χ0) is 13.6. The van der Waals surface area contributed by atoms with Crippen LogP contribution in [0.1, 0.15) is 26.2 Å². The summed E-state index contributed by atoms with van der Waals surface area (Å²) in [6.07, 6.45) is 3.71. The van der Waals surface area contributed by atoms with Crippen molar-refractivity contribution < 1.29 is 4.74 Å². The van der Waals surface area contributed by atoms with E-state index in [0.717, 1.165) is 38.7 Å². The highest BCUT2D eigenvalue weighted by molar-refractivity contribution is 5.79. The van der Waals surface area contributed by atoms with E-state index in [1.807, 2.05) is 7.05 Å². The van der Waals surface area contributed by atoms with Crippen LogP contribution in [0.5, 0.6) is 0 Å². The van der Waals surface area contributed by atoms with Crippen molar-refractivity contribution in [1.82, 2.24) is 15.5 Å². The van der Waals surface area contributed by atoms with Crippen molar-refractivity contribution in [1.29, 1.82) is 0 Å². The van der Waals surface area contributed by atoms with E-state index in [1.54, 1.807) is 7.11 Å². The second-order valence-electron chi connectivity index (χ2n) is 4.43. The molecule has 5 nitrogen and oxygen atoms in total. The SMILES string of the molecule is CCCCCNC(=NC)NCCN(C)CCOC. The van der Waals surface area contributed by atoms with Gasteiger partial charge in [-0.2, -0.15) is 0 Å². The summed E-state index contributed by atoms with van der Waals surface area (Å²) in [7, 11) is 5.64. The number of ether oxygens (including phenoxy) is 1. The van der Waals surface area contributed by atoms with Gasteiger partial charge < -0.3 is 20.3 Å². The highest BCUT2D eigenvalue weighted by Crippen LogP contribution is 1.90. The van der Waals surface area contributed by atoms with Crippen LogP contribution < -0.4 is 10.6 Å². The van der Waals surface area contributed by atoms with Crippen molar-refractivity contribution >= 4 is 5.96 Å². The van der Waals surface area contributed by atoms with Gasteiger partial charge in [-0.25, -0.2) is 0 Å². The lowest BCUT2D eigenvalue weighted by molar-refractivity contribution is 0.162. The van der Waals surface area contributed by atoms with Crippen LogP contribution in [0.4, 0.5) is 0 Å².